The molecule has 0 aromatic heterocycles. The van der Waals surface area contributed by atoms with Gasteiger partial charge in [0.15, 0.2) is 0 Å². The fourth-order valence-corrected chi connectivity index (χ4v) is 4.05. The number of ether oxygens (including phenoxy) is 1. The maximum atomic E-state index is 13.3. The third kappa shape index (κ3) is 7.29. The highest BCUT2D eigenvalue weighted by Gasteiger charge is 2.28. The van der Waals surface area contributed by atoms with Crippen molar-refractivity contribution >= 4 is 11.8 Å². The number of carbonyl (C=O) groups excluding carboxylic acids is 2. The minimum Gasteiger partial charge on any atom is -0.497 e. The van der Waals surface area contributed by atoms with Crippen molar-refractivity contribution in [3.05, 3.63) is 65.5 Å². The Balaban J connectivity index is 1.51. The van der Waals surface area contributed by atoms with Crippen LogP contribution in [0.15, 0.2) is 48.5 Å². The van der Waals surface area contributed by atoms with Crippen molar-refractivity contribution in [2.24, 2.45) is 5.41 Å². The summed E-state index contributed by atoms with van der Waals surface area (Å²) in [5.74, 6) is 0.705. The normalized spacial score (nSPS) is 14.7. The number of hydrogen-bond donors (Lipinski definition) is 0. The maximum Gasteiger partial charge on any atom is 0.228 e. The Morgan fingerprint density at radius 3 is 2.09 bits per heavy atom. The molecule has 0 bridgehead atoms. The molecule has 0 atom stereocenters. The Labute approximate surface area is 202 Å². The van der Waals surface area contributed by atoms with E-state index in [1.807, 2.05) is 54.8 Å². The Hall–Kier alpha value is -2.93. The lowest BCUT2D eigenvalue weighted by Crippen LogP contribution is -2.51. The van der Waals surface area contributed by atoms with Crippen molar-refractivity contribution in [2.45, 2.75) is 33.7 Å². The zero-order valence-corrected chi connectivity index (χ0v) is 20.7. The van der Waals surface area contributed by atoms with Crippen LogP contribution in [-0.4, -0.2) is 72.9 Å². The molecule has 2 amide bonds. The summed E-state index contributed by atoms with van der Waals surface area (Å²) in [7, 11) is 1.63. The van der Waals surface area contributed by atoms with Crippen LogP contribution in [0.1, 0.15) is 31.9 Å². The van der Waals surface area contributed by atoms with Crippen LogP contribution in [0.4, 0.5) is 4.39 Å². The third-order valence-electron chi connectivity index (χ3n) is 6.14. The highest BCUT2D eigenvalue weighted by molar-refractivity contribution is 5.81. The molecule has 34 heavy (non-hydrogen) atoms. The van der Waals surface area contributed by atoms with E-state index in [1.54, 1.807) is 19.2 Å². The molecule has 184 valence electrons. The highest BCUT2D eigenvalue weighted by atomic mass is 19.1. The lowest BCUT2D eigenvalue weighted by molar-refractivity contribution is -0.140. The van der Waals surface area contributed by atoms with Gasteiger partial charge in [0.2, 0.25) is 11.8 Å². The van der Waals surface area contributed by atoms with Crippen LogP contribution < -0.4 is 4.74 Å². The summed E-state index contributed by atoms with van der Waals surface area (Å²) in [4.78, 5) is 31.8. The number of halogens is 1. The van der Waals surface area contributed by atoms with Crippen molar-refractivity contribution < 1.29 is 18.7 Å². The van der Waals surface area contributed by atoms with Gasteiger partial charge in [-0.25, -0.2) is 4.39 Å². The van der Waals surface area contributed by atoms with E-state index in [1.165, 1.54) is 12.1 Å². The Morgan fingerprint density at radius 2 is 1.53 bits per heavy atom. The monoisotopic (exact) mass is 469 g/mol. The first-order valence-electron chi connectivity index (χ1n) is 11.8. The lowest BCUT2D eigenvalue weighted by Gasteiger charge is -2.37. The number of rotatable bonds is 8. The molecule has 1 aliphatic heterocycles. The summed E-state index contributed by atoms with van der Waals surface area (Å²) < 4.78 is 18.5. The minimum absolute atomic E-state index is 0.0742. The summed E-state index contributed by atoms with van der Waals surface area (Å²) in [5, 5.41) is 0. The van der Waals surface area contributed by atoms with Gasteiger partial charge in [-0.1, -0.05) is 45.0 Å². The molecule has 3 rings (SSSR count). The minimum atomic E-state index is -0.493. The second-order valence-corrected chi connectivity index (χ2v) is 9.85. The number of carbonyl (C=O) groups is 2. The summed E-state index contributed by atoms with van der Waals surface area (Å²) >= 11 is 0. The first kappa shape index (κ1) is 25.7. The molecule has 0 aliphatic carbocycles. The summed E-state index contributed by atoms with van der Waals surface area (Å²) in [6, 6.07) is 13.9. The van der Waals surface area contributed by atoms with Gasteiger partial charge in [0.25, 0.3) is 0 Å². The van der Waals surface area contributed by atoms with E-state index < -0.39 is 5.41 Å². The lowest BCUT2D eigenvalue weighted by atomic mass is 9.94. The third-order valence-corrected chi connectivity index (χ3v) is 6.14. The van der Waals surface area contributed by atoms with E-state index in [2.05, 4.69) is 4.90 Å². The molecule has 0 radical (unpaired) electrons. The van der Waals surface area contributed by atoms with E-state index in [9.17, 15) is 14.0 Å². The predicted molar refractivity (Wildman–Crippen MR) is 131 cm³/mol. The summed E-state index contributed by atoms with van der Waals surface area (Å²) in [6.45, 7) is 10.5. The van der Waals surface area contributed by atoms with Gasteiger partial charge in [0.1, 0.15) is 11.6 Å². The topological polar surface area (TPSA) is 53.1 Å². The molecule has 0 spiro atoms. The average molecular weight is 470 g/mol. The fraction of sp³-hybridized carbons (Fsp3) is 0.481. The van der Waals surface area contributed by atoms with Crippen LogP contribution in [0.3, 0.4) is 0 Å². The molecule has 2 aromatic rings. The molecule has 0 N–H and O–H groups in total. The summed E-state index contributed by atoms with van der Waals surface area (Å²) in [5.41, 5.74) is 1.39. The van der Waals surface area contributed by atoms with E-state index in [4.69, 9.17) is 4.74 Å². The predicted octanol–water partition coefficient (Wildman–Crippen LogP) is 3.60. The van der Waals surface area contributed by atoms with Gasteiger partial charge in [0, 0.05) is 51.2 Å². The molecule has 6 nitrogen and oxygen atoms in total. The number of piperazine rings is 1. The Morgan fingerprint density at radius 1 is 0.941 bits per heavy atom. The van der Waals surface area contributed by atoms with E-state index in [-0.39, 0.29) is 17.6 Å². The van der Waals surface area contributed by atoms with Crippen LogP contribution in [0.2, 0.25) is 0 Å². The molecule has 1 heterocycles. The number of amides is 2. The second-order valence-electron chi connectivity index (χ2n) is 9.85. The molecule has 7 heteroatoms. The standard InChI is InChI=1S/C27H36FN3O3/c1-27(2,3)26(33)31(20-22-5-9-23(28)10-6-22)18-15-29-13-16-30(17-14-29)25(32)19-21-7-11-24(34-4)12-8-21/h5-12H,13-20H2,1-4H3. The van der Waals surface area contributed by atoms with Crippen LogP contribution in [-0.2, 0) is 22.6 Å². The van der Waals surface area contributed by atoms with Crippen molar-refractivity contribution in [3.8, 4) is 5.75 Å². The first-order chi connectivity index (χ1) is 16.2. The maximum absolute atomic E-state index is 13.3. The van der Waals surface area contributed by atoms with Crippen LogP contribution >= 0.6 is 0 Å². The Kier molecular flexibility index (Phi) is 8.67. The zero-order valence-electron chi connectivity index (χ0n) is 20.7. The van der Waals surface area contributed by atoms with Crippen LogP contribution in [0, 0.1) is 11.2 Å². The quantitative estimate of drug-likeness (QED) is 0.593. The van der Waals surface area contributed by atoms with Gasteiger partial charge in [-0.3, -0.25) is 14.5 Å². The molecular weight excluding hydrogens is 433 g/mol. The number of hydrogen-bond acceptors (Lipinski definition) is 4. The SMILES string of the molecule is COc1ccc(CC(=O)N2CCN(CCN(Cc3ccc(F)cc3)C(=O)C(C)(C)C)CC2)cc1. The zero-order chi connectivity index (χ0) is 24.7. The van der Waals surface area contributed by atoms with Crippen LogP contribution in [0.25, 0.3) is 0 Å². The smallest absolute Gasteiger partial charge is 0.228 e. The highest BCUT2D eigenvalue weighted by Crippen LogP contribution is 2.20. The van der Waals surface area contributed by atoms with Crippen molar-refractivity contribution in [1.29, 1.82) is 0 Å². The molecule has 0 unspecified atom stereocenters. The van der Waals surface area contributed by atoms with E-state index in [0.29, 0.717) is 32.6 Å². The number of benzene rings is 2. The van der Waals surface area contributed by atoms with Gasteiger partial charge in [-0.15, -0.1) is 0 Å². The van der Waals surface area contributed by atoms with Crippen molar-refractivity contribution in [3.63, 3.8) is 0 Å². The molecule has 1 fully saturated rings. The molecular formula is C27H36FN3O3. The van der Waals surface area contributed by atoms with Crippen LogP contribution in [0.5, 0.6) is 5.75 Å². The molecule has 1 aliphatic rings. The van der Waals surface area contributed by atoms with E-state index >= 15 is 0 Å². The molecule has 0 saturated carbocycles. The van der Waals surface area contributed by atoms with Gasteiger partial charge >= 0.3 is 0 Å². The Bertz CT molecular complexity index is 947. The number of nitrogens with zero attached hydrogens (tertiary/aromatic N) is 3. The summed E-state index contributed by atoms with van der Waals surface area (Å²) in [6.07, 6.45) is 0.384. The largest absolute Gasteiger partial charge is 0.497 e. The van der Waals surface area contributed by atoms with Crippen molar-refractivity contribution in [2.75, 3.05) is 46.4 Å². The molecule has 1 saturated heterocycles. The average Bonchev–Trinajstić information content (AvgIpc) is 2.82. The second kappa shape index (κ2) is 11.5. The molecule has 2 aromatic carbocycles. The first-order valence-corrected chi connectivity index (χ1v) is 11.8. The van der Waals surface area contributed by atoms with Crippen molar-refractivity contribution in [1.82, 2.24) is 14.7 Å². The van der Waals surface area contributed by atoms with Gasteiger partial charge in [-0.05, 0) is 35.4 Å². The van der Waals surface area contributed by atoms with Gasteiger partial charge in [-0.2, -0.15) is 0 Å². The van der Waals surface area contributed by atoms with Gasteiger partial charge in [0.05, 0.1) is 13.5 Å². The van der Waals surface area contributed by atoms with Gasteiger partial charge < -0.3 is 14.5 Å². The van der Waals surface area contributed by atoms with E-state index in [0.717, 1.165) is 36.5 Å². The number of methoxy groups -OCH3 is 1. The fourth-order valence-electron chi connectivity index (χ4n) is 4.05.